The van der Waals surface area contributed by atoms with Gasteiger partial charge in [0.2, 0.25) is 0 Å². The van der Waals surface area contributed by atoms with Crippen molar-refractivity contribution in [2.24, 2.45) is 0 Å². The summed E-state index contributed by atoms with van der Waals surface area (Å²) in [6.45, 7) is 1.39. The molecule has 2 fully saturated rings. The van der Waals surface area contributed by atoms with E-state index in [1.54, 1.807) is 0 Å². The highest BCUT2D eigenvalue weighted by Gasteiger charge is 2.33. The molecule has 1 N–H and O–H groups in total. The van der Waals surface area contributed by atoms with Crippen molar-refractivity contribution in [3.8, 4) is 0 Å². The van der Waals surface area contributed by atoms with Crippen molar-refractivity contribution < 1.29 is 21.6 Å². The van der Waals surface area contributed by atoms with Gasteiger partial charge in [-0.3, -0.25) is 0 Å². The van der Waals surface area contributed by atoms with Crippen LogP contribution in [-0.2, 0) is 24.8 Å². The summed E-state index contributed by atoms with van der Waals surface area (Å²) in [5, 5.41) is 0. The average molecular weight is 284 g/mol. The lowest BCUT2D eigenvalue weighted by molar-refractivity contribution is 0.0723. The zero-order chi connectivity index (χ0) is 12.5. The minimum atomic E-state index is -3.58. The maximum Gasteiger partial charge on any atom is 0.279 e. The standard InChI is InChI=1S/C8H16N2O5S2/c11-16(12)6-1-8(7-16)9-17(13,14)10-2-4-15-5-3-10/h8-9H,1-7H2. The van der Waals surface area contributed by atoms with E-state index in [4.69, 9.17) is 4.74 Å². The van der Waals surface area contributed by atoms with Gasteiger partial charge in [0, 0.05) is 19.1 Å². The summed E-state index contributed by atoms with van der Waals surface area (Å²) in [4.78, 5) is 0. The van der Waals surface area contributed by atoms with Crippen LogP contribution in [0.15, 0.2) is 0 Å². The van der Waals surface area contributed by atoms with E-state index in [-0.39, 0.29) is 11.5 Å². The van der Waals surface area contributed by atoms with Gasteiger partial charge in [0.25, 0.3) is 10.2 Å². The summed E-state index contributed by atoms with van der Waals surface area (Å²) in [6.07, 6.45) is 0.353. The average Bonchev–Trinajstić information content (AvgIpc) is 2.58. The van der Waals surface area contributed by atoms with Gasteiger partial charge in [-0.15, -0.1) is 0 Å². The van der Waals surface area contributed by atoms with Gasteiger partial charge < -0.3 is 4.74 Å². The number of nitrogens with one attached hydrogen (secondary N) is 1. The molecule has 1 atom stereocenters. The molecule has 2 heterocycles. The highest BCUT2D eigenvalue weighted by Crippen LogP contribution is 2.13. The Balaban J connectivity index is 1.98. The van der Waals surface area contributed by atoms with Crippen LogP contribution in [0.25, 0.3) is 0 Å². The van der Waals surface area contributed by atoms with E-state index in [1.165, 1.54) is 4.31 Å². The molecule has 0 aliphatic carbocycles. The SMILES string of the molecule is O=S1(=O)CCC(NS(=O)(=O)N2CCOCC2)C1. The molecule has 17 heavy (non-hydrogen) atoms. The van der Waals surface area contributed by atoms with Crippen molar-refractivity contribution in [2.75, 3.05) is 37.8 Å². The molecule has 0 amide bonds. The first kappa shape index (κ1) is 13.2. The molecule has 0 radical (unpaired) electrons. The third-order valence-corrected chi connectivity index (χ3v) is 6.30. The molecule has 0 saturated carbocycles. The van der Waals surface area contributed by atoms with Crippen molar-refractivity contribution in [1.29, 1.82) is 0 Å². The first-order valence-electron chi connectivity index (χ1n) is 5.45. The van der Waals surface area contributed by atoms with Crippen LogP contribution in [-0.4, -0.2) is 65.0 Å². The molecular weight excluding hydrogens is 268 g/mol. The van der Waals surface area contributed by atoms with Crippen molar-refractivity contribution in [2.45, 2.75) is 12.5 Å². The van der Waals surface area contributed by atoms with E-state index >= 15 is 0 Å². The fourth-order valence-electron chi connectivity index (χ4n) is 1.96. The predicted octanol–water partition coefficient (Wildman–Crippen LogP) is -1.66. The highest BCUT2D eigenvalue weighted by molar-refractivity contribution is 7.91. The van der Waals surface area contributed by atoms with Gasteiger partial charge in [-0.25, -0.2) is 8.42 Å². The fraction of sp³-hybridized carbons (Fsp3) is 1.00. The second kappa shape index (κ2) is 4.81. The topological polar surface area (TPSA) is 92.8 Å². The van der Waals surface area contributed by atoms with E-state index < -0.39 is 26.1 Å². The number of rotatable bonds is 3. The molecule has 0 aromatic rings. The van der Waals surface area contributed by atoms with Crippen LogP contribution < -0.4 is 4.72 Å². The summed E-state index contributed by atoms with van der Waals surface area (Å²) in [5.74, 6) is -0.0418. The van der Waals surface area contributed by atoms with E-state index in [9.17, 15) is 16.8 Å². The van der Waals surface area contributed by atoms with Crippen LogP contribution in [0.2, 0.25) is 0 Å². The number of sulfone groups is 1. The lowest BCUT2D eigenvalue weighted by Gasteiger charge is -2.27. The minimum absolute atomic E-state index is 0.0588. The Morgan fingerprint density at radius 2 is 1.88 bits per heavy atom. The summed E-state index contributed by atoms with van der Waals surface area (Å²) in [7, 11) is -6.65. The maximum atomic E-state index is 11.9. The zero-order valence-electron chi connectivity index (χ0n) is 9.33. The van der Waals surface area contributed by atoms with Crippen LogP contribution in [0.3, 0.4) is 0 Å². The smallest absolute Gasteiger partial charge is 0.279 e. The number of ether oxygens (including phenoxy) is 1. The molecule has 2 aliphatic heterocycles. The molecule has 0 aromatic heterocycles. The van der Waals surface area contributed by atoms with Gasteiger partial charge in [-0.05, 0) is 6.42 Å². The molecule has 0 bridgehead atoms. The molecular formula is C8H16N2O5S2. The number of morpholine rings is 1. The number of hydrogen-bond acceptors (Lipinski definition) is 5. The van der Waals surface area contributed by atoms with E-state index in [2.05, 4.69) is 4.72 Å². The lowest BCUT2D eigenvalue weighted by atomic mass is 10.3. The van der Waals surface area contributed by atoms with Gasteiger partial charge in [0.05, 0.1) is 24.7 Å². The molecule has 0 spiro atoms. The Hall–Kier alpha value is -0.220. The molecule has 100 valence electrons. The number of nitrogens with zero attached hydrogens (tertiary/aromatic N) is 1. The Kier molecular flexibility index (Phi) is 3.74. The molecule has 2 rings (SSSR count). The third-order valence-electron chi connectivity index (χ3n) is 2.86. The Morgan fingerprint density at radius 1 is 1.24 bits per heavy atom. The maximum absolute atomic E-state index is 11.9. The summed E-state index contributed by atoms with van der Waals surface area (Å²) in [6, 6.07) is -0.493. The molecule has 1 unspecified atom stereocenters. The molecule has 7 nitrogen and oxygen atoms in total. The zero-order valence-corrected chi connectivity index (χ0v) is 11.0. The van der Waals surface area contributed by atoms with Gasteiger partial charge in [0.15, 0.2) is 9.84 Å². The Morgan fingerprint density at radius 3 is 2.41 bits per heavy atom. The molecule has 2 saturated heterocycles. The van der Waals surface area contributed by atoms with Gasteiger partial charge in [-0.1, -0.05) is 0 Å². The minimum Gasteiger partial charge on any atom is -0.379 e. The summed E-state index contributed by atoms with van der Waals surface area (Å²) < 4.78 is 55.1. The van der Waals surface area contributed by atoms with Crippen molar-refractivity contribution in [1.82, 2.24) is 9.03 Å². The van der Waals surface area contributed by atoms with Crippen molar-refractivity contribution in [3.05, 3.63) is 0 Å². The second-order valence-corrected chi connectivity index (χ2v) is 8.17. The molecule has 2 aliphatic rings. The van der Waals surface area contributed by atoms with Crippen LogP contribution in [0.1, 0.15) is 6.42 Å². The second-order valence-electron chi connectivity index (χ2n) is 4.23. The van der Waals surface area contributed by atoms with E-state index in [0.29, 0.717) is 32.7 Å². The predicted molar refractivity (Wildman–Crippen MR) is 61.5 cm³/mol. The number of hydrogen-bond donors (Lipinski definition) is 1. The van der Waals surface area contributed by atoms with Gasteiger partial charge >= 0.3 is 0 Å². The summed E-state index contributed by atoms with van der Waals surface area (Å²) in [5.41, 5.74) is 0. The quantitative estimate of drug-likeness (QED) is 0.669. The summed E-state index contributed by atoms with van der Waals surface area (Å²) >= 11 is 0. The van der Waals surface area contributed by atoms with E-state index in [0.717, 1.165) is 0 Å². The van der Waals surface area contributed by atoms with Crippen LogP contribution in [0.5, 0.6) is 0 Å². The third kappa shape index (κ3) is 3.38. The van der Waals surface area contributed by atoms with E-state index in [1.807, 2.05) is 0 Å². The van der Waals surface area contributed by atoms with Gasteiger partial charge in [-0.2, -0.15) is 17.4 Å². The van der Waals surface area contributed by atoms with Crippen molar-refractivity contribution in [3.63, 3.8) is 0 Å². The largest absolute Gasteiger partial charge is 0.379 e. The van der Waals surface area contributed by atoms with Crippen LogP contribution >= 0.6 is 0 Å². The van der Waals surface area contributed by atoms with Crippen molar-refractivity contribution >= 4 is 20.0 Å². The van der Waals surface area contributed by atoms with Gasteiger partial charge in [0.1, 0.15) is 0 Å². The first-order chi connectivity index (χ1) is 7.89. The van der Waals surface area contributed by atoms with Crippen LogP contribution in [0.4, 0.5) is 0 Å². The fourth-order valence-corrected chi connectivity index (χ4v) is 5.14. The molecule has 9 heteroatoms. The Labute approximate surface area is 101 Å². The monoisotopic (exact) mass is 284 g/mol. The highest BCUT2D eigenvalue weighted by atomic mass is 32.2. The first-order valence-corrected chi connectivity index (χ1v) is 8.71. The Bertz CT molecular complexity index is 466. The lowest BCUT2D eigenvalue weighted by Crippen LogP contribution is -2.49. The van der Waals surface area contributed by atoms with Crippen LogP contribution in [0, 0.1) is 0 Å². The normalized spacial score (nSPS) is 30.5. The molecule has 0 aromatic carbocycles.